The maximum Gasteiger partial charge on any atom is 0.302 e. The molecule has 210 valence electrons. The summed E-state index contributed by atoms with van der Waals surface area (Å²) in [4.78, 5) is 12.1. The molecule has 0 bridgehead atoms. The second-order valence-electron chi connectivity index (χ2n) is 15.3. The summed E-state index contributed by atoms with van der Waals surface area (Å²) >= 11 is 0. The predicted octanol–water partition coefficient (Wildman–Crippen LogP) is 5.09. The van der Waals surface area contributed by atoms with Gasteiger partial charge in [-0.05, 0) is 59.6 Å². The van der Waals surface area contributed by atoms with Gasteiger partial charge in [0.15, 0.2) is 6.29 Å². The van der Waals surface area contributed by atoms with Gasteiger partial charge in [0, 0.05) is 35.2 Å². The second kappa shape index (κ2) is 7.84. The summed E-state index contributed by atoms with van der Waals surface area (Å²) in [5.74, 6) is -1.01. The van der Waals surface area contributed by atoms with Crippen molar-refractivity contribution in [1.29, 1.82) is 0 Å². The third-order valence-corrected chi connectivity index (χ3v) is 11.5. The summed E-state index contributed by atoms with van der Waals surface area (Å²) < 4.78 is 19.3. The number of esters is 1. The van der Waals surface area contributed by atoms with Crippen LogP contribution in [0.4, 0.5) is 0 Å². The van der Waals surface area contributed by atoms with Gasteiger partial charge in [0.1, 0.15) is 6.10 Å². The summed E-state index contributed by atoms with van der Waals surface area (Å²) in [6.07, 6.45) is -0.142. The average molecular weight is 527 g/mol. The van der Waals surface area contributed by atoms with Crippen molar-refractivity contribution in [2.75, 3.05) is 6.61 Å². The highest BCUT2D eigenvalue weighted by molar-refractivity contribution is 5.66. The fourth-order valence-electron chi connectivity index (χ4n) is 10.8. The molecule has 6 nitrogen and oxygen atoms in total. The molecule has 10 atom stereocenters. The van der Waals surface area contributed by atoms with E-state index in [1.807, 2.05) is 0 Å². The Morgan fingerprint density at radius 2 is 1.79 bits per heavy atom. The van der Waals surface area contributed by atoms with Crippen molar-refractivity contribution in [1.82, 2.24) is 0 Å². The fraction of sp³-hybridized carbons (Fsp3) is 0.781. The maximum atomic E-state index is 12.7. The van der Waals surface area contributed by atoms with E-state index in [0.717, 1.165) is 17.5 Å². The van der Waals surface area contributed by atoms with E-state index in [2.05, 4.69) is 67.5 Å². The molecule has 38 heavy (non-hydrogen) atoms. The Kier molecular flexibility index (Phi) is 5.51. The third-order valence-electron chi connectivity index (χ3n) is 11.5. The molecule has 2 N–H and O–H groups in total. The average Bonchev–Trinajstić information content (AvgIpc) is 3.15. The van der Waals surface area contributed by atoms with E-state index in [0.29, 0.717) is 19.4 Å². The van der Waals surface area contributed by atoms with Crippen LogP contribution in [0.3, 0.4) is 0 Å². The van der Waals surface area contributed by atoms with Crippen LogP contribution in [0.5, 0.6) is 0 Å². The number of hydrogen-bond donors (Lipinski definition) is 2. The topological polar surface area (TPSA) is 85.2 Å². The summed E-state index contributed by atoms with van der Waals surface area (Å²) in [7, 11) is 0. The molecule has 1 aliphatic heterocycles. The molecule has 0 saturated heterocycles. The molecule has 1 aromatic carbocycles. The molecule has 0 amide bonds. The number of aliphatic hydroxyl groups excluding tert-OH is 1. The molecule has 1 heterocycles. The molecule has 6 heteroatoms. The number of ether oxygens (including phenoxy) is 3. The lowest BCUT2D eigenvalue weighted by Crippen LogP contribution is -2.60. The number of hydrogen-bond acceptors (Lipinski definition) is 6. The van der Waals surface area contributed by atoms with Gasteiger partial charge in [-0.25, -0.2) is 0 Å². The summed E-state index contributed by atoms with van der Waals surface area (Å²) in [5.41, 5.74) is 2.67. The molecule has 0 aromatic heterocycles. The van der Waals surface area contributed by atoms with Gasteiger partial charge in [0.2, 0.25) is 0 Å². The summed E-state index contributed by atoms with van der Waals surface area (Å²) in [6, 6.07) is 4.44. The number of benzene rings is 1. The zero-order valence-corrected chi connectivity index (χ0v) is 24.6. The number of rotatable bonds is 3. The van der Waals surface area contributed by atoms with E-state index in [-0.39, 0.29) is 46.1 Å². The number of aliphatic hydroxyl groups is 2. The maximum absolute atomic E-state index is 12.7. The standard InChI is InChI=1S/C32H46O6/c1-16-10-11-19-23-21(16)27(36-15-30(23,8)13-28(19,4)5)38-26-24(34)22-17(2)12-20(37-18(3)33)25-29(6,7)14-31(26,9)32(22,25)35/h10-11,17,20,22,24-27,34-35H,12-15H2,1-9H3/t17-,20+,22-,24-,25+,26+,27+,30-,31-,32-/m1/s1. The van der Waals surface area contributed by atoms with Crippen molar-refractivity contribution in [3.05, 3.63) is 34.4 Å². The number of carbonyl (C=O) groups is 1. The van der Waals surface area contributed by atoms with Gasteiger partial charge < -0.3 is 24.4 Å². The van der Waals surface area contributed by atoms with Crippen molar-refractivity contribution in [2.45, 2.75) is 123 Å². The Labute approximate surface area is 227 Å². The van der Waals surface area contributed by atoms with Crippen LogP contribution in [0.25, 0.3) is 0 Å². The lowest BCUT2D eigenvalue weighted by atomic mass is 9.58. The van der Waals surface area contributed by atoms with Crippen molar-refractivity contribution < 1.29 is 29.2 Å². The number of carbonyl (C=O) groups excluding carboxylic acids is 1. The van der Waals surface area contributed by atoms with Crippen molar-refractivity contribution in [3.63, 3.8) is 0 Å². The van der Waals surface area contributed by atoms with Crippen molar-refractivity contribution in [3.8, 4) is 0 Å². The molecular weight excluding hydrogens is 480 g/mol. The van der Waals surface area contributed by atoms with Crippen LogP contribution in [-0.4, -0.2) is 46.7 Å². The van der Waals surface area contributed by atoms with Gasteiger partial charge in [-0.2, -0.15) is 0 Å². The van der Waals surface area contributed by atoms with Gasteiger partial charge in [0.25, 0.3) is 0 Å². The molecule has 1 aromatic rings. The van der Waals surface area contributed by atoms with E-state index in [9.17, 15) is 15.0 Å². The van der Waals surface area contributed by atoms with E-state index >= 15 is 0 Å². The van der Waals surface area contributed by atoms with E-state index < -0.39 is 29.5 Å². The van der Waals surface area contributed by atoms with E-state index in [4.69, 9.17) is 14.2 Å². The highest BCUT2D eigenvalue weighted by Gasteiger charge is 2.80. The van der Waals surface area contributed by atoms with Gasteiger partial charge in [-0.15, -0.1) is 0 Å². The first kappa shape index (κ1) is 26.7. The minimum atomic E-state index is -1.22. The van der Waals surface area contributed by atoms with E-state index in [1.54, 1.807) is 0 Å². The zero-order chi connectivity index (χ0) is 27.8. The van der Waals surface area contributed by atoms with Crippen LogP contribution < -0.4 is 0 Å². The predicted molar refractivity (Wildman–Crippen MR) is 144 cm³/mol. The second-order valence-corrected chi connectivity index (χ2v) is 15.3. The highest BCUT2D eigenvalue weighted by atomic mass is 16.7. The Morgan fingerprint density at radius 1 is 1.11 bits per heavy atom. The third kappa shape index (κ3) is 3.18. The van der Waals surface area contributed by atoms with Gasteiger partial charge in [0.05, 0.1) is 24.4 Å². The summed E-state index contributed by atoms with van der Waals surface area (Å²) in [6.45, 7) is 19.5. The molecular formula is C32H46O6. The molecule has 0 spiro atoms. The normalized spacial score (nSPS) is 47.5. The Hall–Kier alpha value is -1.47. The Morgan fingerprint density at radius 3 is 2.45 bits per heavy atom. The smallest absolute Gasteiger partial charge is 0.302 e. The van der Waals surface area contributed by atoms with Crippen molar-refractivity contribution in [2.24, 2.45) is 28.6 Å². The monoisotopic (exact) mass is 526 g/mol. The Balaban J connectivity index is 1.43. The van der Waals surface area contributed by atoms with Crippen molar-refractivity contribution >= 4 is 5.97 Å². The summed E-state index contributed by atoms with van der Waals surface area (Å²) in [5, 5.41) is 24.6. The first-order valence-electron chi connectivity index (χ1n) is 14.5. The minimum Gasteiger partial charge on any atom is -0.462 e. The molecule has 3 saturated carbocycles. The van der Waals surface area contributed by atoms with Gasteiger partial charge in [-0.1, -0.05) is 60.6 Å². The van der Waals surface area contributed by atoms with Gasteiger partial charge in [-0.3, -0.25) is 4.79 Å². The van der Waals surface area contributed by atoms with Gasteiger partial charge >= 0.3 is 5.97 Å². The minimum absolute atomic E-state index is 0.0310. The SMILES string of the molecule is CC(=O)O[C@H]1C[C@@H](C)[C@@H]2[C@@H](O)[C@H](O[C@@H]3OC[C@@]4(C)CC(C)(C)c5ccc(C)c3c54)[C@@]3(C)CC(C)(C)[C@H]1[C@]23O. The van der Waals surface area contributed by atoms with Crippen LogP contribution in [0.2, 0.25) is 0 Å². The van der Waals surface area contributed by atoms with Crippen LogP contribution in [0.1, 0.15) is 103 Å². The zero-order valence-electron chi connectivity index (χ0n) is 24.6. The largest absolute Gasteiger partial charge is 0.462 e. The lowest BCUT2D eigenvalue weighted by Gasteiger charge is -2.52. The molecule has 6 rings (SSSR count). The van der Waals surface area contributed by atoms with Crippen LogP contribution in [-0.2, 0) is 29.8 Å². The van der Waals surface area contributed by atoms with Crippen LogP contribution >= 0.6 is 0 Å². The quantitative estimate of drug-likeness (QED) is 0.534. The molecule has 3 fully saturated rings. The lowest BCUT2D eigenvalue weighted by molar-refractivity contribution is -0.234. The highest BCUT2D eigenvalue weighted by Crippen LogP contribution is 2.73. The first-order chi connectivity index (χ1) is 17.5. The molecule has 0 unspecified atom stereocenters. The first-order valence-corrected chi connectivity index (χ1v) is 14.5. The van der Waals surface area contributed by atoms with E-state index in [1.165, 1.54) is 18.1 Å². The Bertz CT molecular complexity index is 1190. The van der Waals surface area contributed by atoms with Crippen LogP contribution in [0.15, 0.2) is 12.1 Å². The van der Waals surface area contributed by atoms with Crippen LogP contribution in [0, 0.1) is 35.5 Å². The fourth-order valence-corrected chi connectivity index (χ4v) is 10.8. The molecule has 0 radical (unpaired) electrons. The molecule has 4 aliphatic carbocycles. The number of aryl methyl sites for hydroxylation is 1. The molecule has 5 aliphatic rings.